The van der Waals surface area contributed by atoms with E-state index in [2.05, 4.69) is 0 Å². The normalized spacial score (nSPS) is 10.2. The summed E-state index contributed by atoms with van der Waals surface area (Å²) in [6.07, 6.45) is 0.701. The van der Waals surface area contributed by atoms with Gasteiger partial charge in [0.1, 0.15) is 10.1 Å². The zero-order chi connectivity index (χ0) is 12.6. The van der Waals surface area contributed by atoms with Gasteiger partial charge in [-0.05, 0) is 35.7 Å². The van der Waals surface area contributed by atoms with E-state index < -0.39 is 10.1 Å². The fourth-order valence-electron chi connectivity index (χ4n) is 1.92. The molecular formula is C15H21NaO3S. The van der Waals surface area contributed by atoms with Gasteiger partial charge >= 0.3 is 29.6 Å². The Labute approximate surface area is 144 Å². The molecule has 0 unspecified atom stereocenters. The van der Waals surface area contributed by atoms with E-state index in [0.29, 0.717) is 11.8 Å². The van der Waals surface area contributed by atoms with E-state index in [4.69, 9.17) is 0 Å². The van der Waals surface area contributed by atoms with Crippen molar-refractivity contribution < 1.29 is 42.5 Å². The fourth-order valence-corrected chi connectivity index (χ4v) is 2.68. The van der Waals surface area contributed by atoms with Gasteiger partial charge < -0.3 is 4.55 Å². The predicted octanol–water partition coefficient (Wildman–Crippen LogP) is 0.891. The van der Waals surface area contributed by atoms with E-state index in [-0.39, 0.29) is 49.3 Å². The first kappa shape index (κ1) is 21.9. The van der Waals surface area contributed by atoms with Crippen molar-refractivity contribution >= 4 is 20.9 Å². The maximum atomic E-state index is 11.2. The first-order valence-electron chi connectivity index (χ1n) is 5.41. The van der Waals surface area contributed by atoms with E-state index in [1.54, 1.807) is 6.07 Å². The average molecular weight is 304 g/mol. The molecule has 106 valence electrons. The van der Waals surface area contributed by atoms with Crippen molar-refractivity contribution in [2.45, 2.75) is 40.0 Å². The van der Waals surface area contributed by atoms with Gasteiger partial charge in [0.15, 0.2) is 0 Å². The Morgan fingerprint density at radius 3 is 2.20 bits per heavy atom. The Balaban J connectivity index is 0. The molecule has 2 aromatic rings. The molecule has 0 bridgehead atoms. The van der Waals surface area contributed by atoms with Crippen LogP contribution in [0.4, 0.5) is 0 Å². The number of rotatable bonds is 2. The number of hydrogen-bond acceptors (Lipinski definition) is 3. The molecule has 2 rings (SSSR count). The van der Waals surface area contributed by atoms with E-state index in [9.17, 15) is 13.0 Å². The van der Waals surface area contributed by atoms with E-state index in [0.717, 1.165) is 16.5 Å². The van der Waals surface area contributed by atoms with Crippen LogP contribution >= 0.6 is 0 Å². The summed E-state index contributed by atoms with van der Waals surface area (Å²) < 4.78 is 33.7. The van der Waals surface area contributed by atoms with Crippen LogP contribution in [-0.4, -0.2) is 13.0 Å². The van der Waals surface area contributed by atoms with Crippen LogP contribution in [0.2, 0.25) is 0 Å². The maximum absolute atomic E-state index is 11.2. The minimum atomic E-state index is -4.42. The largest absolute Gasteiger partial charge is 1.00 e. The second kappa shape index (κ2) is 8.15. The first-order valence-corrected chi connectivity index (χ1v) is 6.82. The Kier molecular flexibility index (Phi) is 8.92. The van der Waals surface area contributed by atoms with Crippen LogP contribution in [0.3, 0.4) is 0 Å². The molecule has 0 fully saturated rings. The maximum Gasteiger partial charge on any atom is 1.00 e. The monoisotopic (exact) mass is 304 g/mol. The summed E-state index contributed by atoms with van der Waals surface area (Å²) in [6, 6.07) is 8.79. The van der Waals surface area contributed by atoms with Crippen LogP contribution in [0.5, 0.6) is 0 Å². The Morgan fingerprint density at radius 1 is 1.10 bits per heavy atom. The predicted molar refractivity (Wildman–Crippen MR) is 79.5 cm³/mol. The van der Waals surface area contributed by atoms with E-state index in [1.165, 1.54) is 6.07 Å². The summed E-state index contributed by atoms with van der Waals surface area (Å²) in [5.74, 6) is 0. The molecule has 2 aromatic carbocycles. The average Bonchev–Trinajstić information content (AvgIpc) is 2.25. The Hall–Kier alpha value is -0.390. The van der Waals surface area contributed by atoms with Gasteiger partial charge in [0.2, 0.25) is 0 Å². The van der Waals surface area contributed by atoms with Crippen LogP contribution in [0, 0.1) is 6.92 Å². The Bertz CT molecular complexity index is 679. The quantitative estimate of drug-likeness (QED) is 0.611. The molecule has 0 radical (unpaired) electrons. The molecule has 0 aliphatic heterocycles. The van der Waals surface area contributed by atoms with Gasteiger partial charge in [-0.3, -0.25) is 0 Å². The topological polar surface area (TPSA) is 57.2 Å². The summed E-state index contributed by atoms with van der Waals surface area (Å²) >= 11 is 0. The third-order valence-corrected chi connectivity index (χ3v) is 3.68. The summed E-state index contributed by atoms with van der Waals surface area (Å²) in [5.41, 5.74) is 1.90. The van der Waals surface area contributed by atoms with E-state index >= 15 is 0 Å². The molecular weight excluding hydrogens is 283 g/mol. The molecule has 5 heteroatoms. The number of benzene rings is 2. The third kappa shape index (κ3) is 4.57. The summed E-state index contributed by atoms with van der Waals surface area (Å²) in [5, 5.41) is 1.31. The minimum absolute atomic E-state index is 0. The molecule has 20 heavy (non-hydrogen) atoms. The molecule has 0 atom stereocenters. The molecule has 0 aromatic heterocycles. The van der Waals surface area contributed by atoms with Gasteiger partial charge in [-0.15, -0.1) is 0 Å². The number of fused-ring (bicyclic) bond motifs is 1. The second-order valence-electron chi connectivity index (χ2n) is 4.13. The summed E-state index contributed by atoms with van der Waals surface area (Å²) in [4.78, 5) is -0.119. The molecule has 0 spiro atoms. The molecule has 0 aliphatic rings. The molecule has 0 saturated heterocycles. The summed E-state index contributed by atoms with van der Waals surface area (Å²) in [7, 11) is -4.42. The van der Waals surface area contributed by atoms with Crippen molar-refractivity contribution in [1.29, 1.82) is 0 Å². The molecule has 0 N–H and O–H groups in total. The minimum Gasteiger partial charge on any atom is -0.744 e. The number of aryl methyl sites for hydroxylation is 2. The SMILES string of the molecule is C.C.CCc1cc(S(=O)(=O)[O-])c2ccc(C)cc2c1.[Na+]. The van der Waals surface area contributed by atoms with Crippen molar-refractivity contribution in [3.05, 3.63) is 41.5 Å². The standard InChI is InChI=1S/C13H14O3S.2CH4.Na/c1-3-10-7-11-6-9(2)4-5-12(11)13(8-10)17(14,15)16;;;/h4-8H,3H2,1-2H3,(H,14,15,16);2*1H4;/q;;;+1/p-1. The van der Waals surface area contributed by atoms with Crippen LogP contribution in [-0.2, 0) is 16.5 Å². The molecule has 3 nitrogen and oxygen atoms in total. The van der Waals surface area contributed by atoms with Crippen LogP contribution < -0.4 is 29.6 Å². The molecule has 0 saturated carbocycles. The molecule has 0 heterocycles. The smallest absolute Gasteiger partial charge is 0.744 e. The van der Waals surface area contributed by atoms with Crippen LogP contribution in [0.1, 0.15) is 32.9 Å². The van der Waals surface area contributed by atoms with E-state index in [1.807, 2.05) is 32.0 Å². The van der Waals surface area contributed by atoms with Crippen LogP contribution in [0.15, 0.2) is 35.2 Å². The number of hydrogen-bond donors (Lipinski definition) is 0. The van der Waals surface area contributed by atoms with Crippen LogP contribution in [0.25, 0.3) is 10.8 Å². The zero-order valence-electron chi connectivity index (χ0n) is 10.7. The van der Waals surface area contributed by atoms with Crippen molar-refractivity contribution in [2.75, 3.05) is 0 Å². The van der Waals surface area contributed by atoms with Crippen molar-refractivity contribution in [3.63, 3.8) is 0 Å². The van der Waals surface area contributed by atoms with Crippen molar-refractivity contribution in [1.82, 2.24) is 0 Å². The second-order valence-corrected chi connectivity index (χ2v) is 5.47. The Morgan fingerprint density at radius 2 is 1.70 bits per heavy atom. The third-order valence-electron chi connectivity index (χ3n) is 2.81. The van der Waals surface area contributed by atoms with Gasteiger partial charge in [-0.2, -0.15) is 0 Å². The molecule has 0 amide bonds. The van der Waals surface area contributed by atoms with Crippen molar-refractivity contribution in [2.24, 2.45) is 0 Å². The van der Waals surface area contributed by atoms with Gasteiger partial charge in [0, 0.05) is 0 Å². The zero-order valence-corrected chi connectivity index (χ0v) is 13.5. The molecule has 0 aliphatic carbocycles. The first-order chi connectivity index (χ1) is 7.91. The van der Waals surface area contributed by atoms with Gasteiger partial charge in [-0.25, -0.2) is 8.42 Å². The van der Waals surface area contributed by atoms with Gasteiger partial charge in [0.25, 0.3) is 0 Å². The summed E-state index contributed by atoms with van der Waals surface area (Å²) in [6.45, 7) is 3.86. The van der Waals surface area contributed by atoms with Crippen molar-refractivity contribution in [3.8, 4) is 0 Å². The van der Waals surface area contributed by atoms with Gasteiger partial charge in [-0.1, -0.05) is 51.6 Å². The van der Waals surface area contributed by atoms with Gasteiger partial charge in [0.05, 0.1) is 4.90 Å². The fraction of sp³-hybridized carbons (Fsp3) is 0.333.